The molecule has 3 aromatic carbocycles. The molecule has 0 aliphatic heterocycles. The summed E-state index contributed by atoms with van der Waals surface area (Å²) in [6.45, 7) is -0.531. The molecule has 0 fully saturated rings. The van der Waals surface area contributed by atoms with Gasteiger partial charge in [0.2, 0.25) is 0 Å². The first-order valence-corrected chi connectivity index (χ1v) is 9.30. The van der Waals surface area contributed by atoms with E-state index in [1.807, 2.05) is 36.4 Å². The van der Waals surface area contributed by atoms with Crippen LogP contribution in [-0.2, 0) is 20.9 Å². The van der Waals surface area contributed by atoms with E-state index in [1.165, 1.54) is 23.1 Å². The fourth-order valence-electron chi connectivity index (χ4n) is 2.85. The number of para-hydroxylation sites is 1. The average molecular weight is 411 g/mol. The van der Waals surface area contributed by atoms with Crippen LogP contribution in [0.4, 0.5) is 4.39 Å². The number of halogens is 1. The molecule has 0 bridgehead atoms. The molecule has 0 aliphatic rings. The van der Waals surface area contributed by atoms with E-state index in [2.05, 4.69) is 0 Å². The monoisotopic (exact) mass is 411 g/mol. The van der Waals surface area contributed by atoms with Crippen LogP contribution in [0.15, 0.2) is 60.7 Å². The molecular formula is C23H22FNO5. The van der Waals surface area contributed by atoms with Crippen LogP contribution >= 0.6 is 0 Å². The van der Waals surface area contributed by atoms with E-state index in [9.17, 15) is 14.0 Å². The molecular weight excluding hydrogens is 389 g/mol. The molecule has 0 unspecified atom stereocenters. The first-order chi connectivity index (χ1) is 14.5. The maximum atomic E-state index is 13.5. The Morgan fingerprint density at radius 2 is 1.70 bits per heavy atom. The van der Waals surface area contributed by atoms with E-state index in [-0.39, 0.29) is 11.7 Å². The lowest BCUT2D eigenvalue weighted by atomic mass is 10.1. The summed E-state index contributed by atoms with van der Waals surface area (Å²) in [5.74, 6) is -0.950. The van der Waals surface area contributed by atoms with Gasteiger partial charge in [-0.3, -0.25) is 4.79 Å². The molecule has 0 saturated heterocycles. The average Bonchev–Trinajstić information content (AvgIpc) is 2.76. The van der Waals surface area contributed by atoms with Crippen molar-refractivity contribution in [2.75, 3.05) is 27.4 Å². The van der Waals surface area contributed by atoms with Gasteiger partial charge in [-0.2, -0.15) is 0 Å². The molecule has 0 heterocycles. The number of amides is 1. The van der Waals surface area contributed by atoms with Crippen molar-refractivity contribution in [2.24, 2.45) is 0 Å². The molecule has 0 aliphatic carbocycles. The Labute approximate surface area is 173 Å². The Balaban J connectivity index is 1.49. The molecule has 0 radical (unpaired) electrons. The molecule has 0 aromatic heterocycles. The van der Waals surface area contributed by atoms with Crippen LogP contribution < -0.4 is 9.47 Å². The summed E-state index contributed by atoms with van der Waals surface area (Å²) in [4.78, 5) is 25.5. The van der Waals surface area contributed by atoms with Gasteiger partial charge in [0.15, 0.2) is 24.8 Å². The lowest BCUT2D eigenvalue weighted by molar-refractivity contribution is -0.153. The molecule has 3 aromatic rings. The van der Waals surface area contributed by atoms with Crippen molar-refractivity contribution in [1.82, 2.24) is 4.90 Å². The third kappa shape index (κ3) is 5.47. The number of benzene rings is 3. The molecule has 1 amide bonds. The van der Waals surface area contributed by atoms with Crippen molar-refractivity contribution >= 4 is 22.6 Å². The third-order valence-electron chi connectivity index (χ3n) is 4.50. The summed E-state index contributed by atoms with van der Waals surface area (Å²) < 4.78 is 28.7. The summed E-state index contributed by atoms with van der Waals surface area (Å²) in [7, 11) is 3.25. The number of ether oxygens (including phenoxy) is 3. The van der Waals surface area contributed by atoms with Gasteiger partial charge in [-0.15, -0.1) is 0 Å². The molecule has 0 atom stereocenters. The normalized spacial score (nSPS) is 10.5. The minimum atomic E-state index is -0.750. The highest BCUT2D eigenvalue weighted by molar-refractivity contribution is 5.85. The summed E-state index contributed by atoms with van der Waals surface area (Å²) >= 11 is 0. The Bertz CT molecular complexity index is 1050. The van der Waals surface area contributed by atoms with Crippen molar-refractivity contribution in [3.05, 3.63) is 72.0 Å². The lowest BCUT2D eigenvalue weighted by Crippen LogP contribution is -2.31. The fraction of sp³-hybridized carbons (Fsp3) is 0.217. The largest absolute Gasteiger partial charge is 0.497 e. The highest BCUT2D eigenvalue weighted by Crippen LogP contribution is 2.22. The highest BCUT2D eigenvalue weighted by Gasteiger charge is 2.14. The number of esters is 1. The zero-order valence-corrected chi connectivity index (χ0v) is 16.8. The smallest absolute Gasteiger partial charge is 0.344 e. The van der Waals surface area contributed by atoms with Crippen LogP contribution in [0.3, 0.4) is 0 Å². The van der Waals surface area contributed by atoms with E-state index in [4.69, 9.17) is 14.2 Å². The van der Waals surface area contributed by atoms with Gasteiger partial charge in [-0.25, -0.2) is 9.18 Å². The van der Waals surface area contributed by atoms with Gasteiger partial charge in [0, 0.05) is 13.6 Å². The lowest BCUT2D eigenvalue weighted by Gasteiger charge is -2.17. The van der Waals surface area contributed by atoms with Crippen molar-refractivity contribution in [1.29, 1.82) is 0 Å². The van der Waals surface area contributed by atoms with E-state index < -0.39 is 25.0 Å². The third-order valence-corrected chi connectivity index (χ3v) is 4.50. The van der Waals surface area contributed by atoms with Crippen molar-refractivity contribution < 1.29 is 28.2 Å². The second-order valence-corrected chi connectivity index (χ2v) is 6.68. The number of nitrogens with zero attached hydrogens (tertiary/aromatic N) is 1. The number of hydrogen-bond donors (Lipinski definition) is 0. The fourth-order valence-corrected chi connectivity index (χ4v) is 2.85. The van der Waals surface area contributed by atoms with E-state index >= 15 is 0 Å². The first kappa shape index (κ1) is 21.1. The van der Waals surface area contributed by atoms with Gasteiger partial charge in [-0.05, 0) is 46.7 Å². The number of carbonyl (C=O) groups excluding carboxylic acids is 2. The van der Waals surface area contributed by atoms with Crippen LogP contribution in [-0.4, -0.2) is 44.1 Å². The zero-order valence-electron chi connectivity index (χ0n) is 16.8. The number of methoxy groups -OCH3 is 1. The van der Waals surface area contributed by atoms with Gasteiger partial charge < -0.3 is 19.1 Å². The Kier molecular flexibility index (Phi) is 6.85. The standard InChI is InChI=1S/C23H22FNO5/c1-25(13-16-7-8-18-12-19(28-2)10-9-17(18)11-16)22(26)14-30-23(27)15-29-21-6-4-3-5-20(21)24/h3-12H,13-15H2,1-2H3. The molecule has 7 heteroatoms. The van der Waals surface area contributed by atoms with Gasteiger partial charge in [0.25, 0.3) is 5.91 Å². The molecule has 0 spiro atoms. The SMILES string of the molecule is COc1ccc2cc(CN(C)C(=O)COC(=O)COc3ccccc3F)ccc2c1. The van der Waals surface area contributed by atoms with Crippen LogP contribution in [0.5, 0.6) is 11.5 Å². The predicted molar refractivity (Wildman–Crippen MR) is 110 cm³/mol. The van der Waals surface area contributed by atoms with Crippen LogP contribution in [0, 0.1) is 5.82 Å². The number of hydrogen-bond acceptors (Lipinski definition) is 5. The number of rotatable bonds is 8. The van der Waals surface area contributed by atoms with Crippen LogP contribution in [0.1, 0.15) is 5.56 Å². The number of likely N-dealkylation sites (N-methyl/N-ethyl adjacent to an activating group) is 1. The van der Waals surface area contributed by atoms with Crippen LogP contribution in [0.2, 0.25) is 0 Å². The minimum Gasteiger partial charge on any atom is -0.497 e. The summed E-state index contributed by atoms with van der Waals surface area (Å²) in [6, 6.07) is 17.4. The summed E-state index contributed by atoms with van der Waals surface area (Å²) in [5, 5.41) is 2.07. The van der Waals surface area contributed by atoms with E-state index in [0.717, 1.165) is 22.1 Å². The highest BCUT2D eigenvalue weighted by atomic mass is 19.1. The molecule has 0 N–H and O–H groups in total. The van der Waals surface area contributed by atoms with Crippen molar-refractivity contribution in [3.63, 3.8) is 0 Å². The Hall–Kier alpha value is -3.61. The Morgan fingerprint density at radius 3 is 2.47 bits per heavy atom. The maximum Gasteiger partial charge on any atom is 0.344 e. The molecule has 3 rings (SSSR count). The van der Waals surface area contributed by atoms with E-state index in [1.54, 1.807) is 20.2 Å². The first-order valence-electron chi connectivity index (χ1n) is 9.30. The molecule has 156 valence electrons. The van der Waals surface area contributed by atoms with Crippen molar-refractivity contribution in [3.8, 4) is 11.5 Å². The predicted octanol–water partition coefficient (Wildman–Crippen LogP) is 3.57. The van der Waals surface area contributed by atoms with Gasteiger partial charge >= 0.3 is 5.97 Å². The molecule has 30 heavy (non-hydrogen) atoms. The summed E-state index contributed by atoms with van der Waals surface area (Å²) in [6.07, 6.45) is 0. The minimum absolute atomic E-state index is 0.0492. The summed E-state index contributed by atoms with van der Waals surface area (Å²) in [5.41, 5.74) is 0.942. The quantitative estimate of drug-likeness (QED) is 0.530. The van der Waals surface area contributed by atoms with Crippen molar-refractivity contribution in [2.45, 2.75) is 6.54 Å². The van der Waals surface area contributed by atoms with E-state index in [0.29, 0.717) is 6.54 Å². The maximum absolute atomic E-state index is 13.5. The molecule has 6 nitrogen and oxygen atoms in total. The molecule has 0 saturated carbocycles. The Morgan fingerprint density at radius 1 is 0.967 bits per heavy atom. The number of fused-ring (bicyclic) bond motifs is 1. The second kappa shape index (κ2) is 9.73. The zero-order chi connectivity index (χ0) is 21.5. The second-order valence-electron chi connectivity index (χ2n) is 6.68. The number of carbonyl (C=O) groups is 2. The van der Waals surface area contributed by atoms with Gasteiger partial charge in [0.05, 0.1) is 7.11 Å². The van der Waals surface area contributed by atoms with Gasteiger partial charge in [-0.1, -0.05) is 30.3 Å². The van der Waals surface area contributed by atoms with Crippen LogP contribution in [0.25, 0.3) is 10.8 Å². The van der Waals surface area contributed by atoms with Gasteiger partial charge in [0.1, 0.15) is 5.75 Å². The topological polar surface area (TPSA) is 65.1 Å².